The lowest BCUT2D eigenvalue weighted by Gasteiger charge is -1.95. The standard InChI is InChI=1S/C8H9NO4/c1-3-5(7(10)11)9-6(4-2)8(12)13/h3-4H,1H2,2H3,(H,10,11)(H,12,13)/b6-4-,9-5+. The van der Waals surface area contributed by atoms with Gasteiger partial charge in [-0.3, -0.25) is 0 Å². The molecule has 0 aliphatic heterocycles. The monoisotopic (exact) mass is 183 g/mol. The first-order valence-electron chi connectivity index (χ1n) is 3.37. The number of aliphatic imine (C=N–C) groups is 1. The molecule has 70 valence electrons. The van der Waals surface area contributed by atoms with Crippen LogP contribution in [0.3, 0.4) is 0 Å². The van der Waals surface area contributed by atoms with Crippen LogP contribution in [0.2, 0.25) is 0 Å². The molecular formula is C8H9NO4. The molecule has 0 atom stereocenters. The third kappa shape index (κ3) is 3.33. The Hall–Kier alpha value is -1.91. The maximum absolute atomic E-state index is 10.4. The van der Waals surface area contributed by atoms with E-state index in [0.717, 1.165) is 6.08 Å². The van der Waals surface area contributed by atoms with E-state index in [4.69, 9.17) is 10.2 Å². The van der Waals surface area contributed by atoms with Crippen molar-refractivity contribution in [3.05, 3.63) is 24.4 Å². The van der Waals surface area contributed by atoms with Gasteiger partial charge in [-0.2, -0.15) is 0 Å². The summed E-state index contributed by atoms with van der Waals surface area (Å²) in [6.45, 7) is 4.65. The van der Waals surface area contributed by atoms with Crippen molar-refractivity contribution in [3.63, 3.8) is 0 Å². The molecule has 5 heteroatoms. The van der Waals surface area contributed by atoms with Gasteiger partial charge in [-0.15, -0.1) is 0 Å². The van der Waals surface area contributed by atoms with Gasteiger partial charge in [0.2, 0.25) is 0 Å². The average Bonchev–Trinajstić information content (AvgIpc) is 2.05. The zero-order valence-electron chi connectivity index (χ0n) is 7.02. The molecule has 0 spiro atoms. The summed E-state index contributed by atoms with van der Waals surface area (Å²) in [6, 6.07) is 0. The number of aliphatic carboxylic acids is 2. The molecule has 2 N–H and O–H groups in total. The van der Waals surface area contributed by atoms with Crippen molar-refractivity contribution in [1.29, 1.82) is 0 Å². The maximum atomic E-state index is 10.4. The number of allylic oxidation sites excluding steroid dienone is 1. The second kappa shape index (κ2) is 4.87. The highest BCUT2D eigenvalue weighted by Crippen LogP contribution is 1.98. The SMILES string of the molecule is C=C/C(=N\C(=C/C)C(=O)O)C(=O)O. The van der Waals surface area contributed by atoms with Crippen LogP contribution in [0, 0.1) is 0 Å². The summed E-state index contributed by atoms with van der Waals surface area (Å²) in [5.74, 6) is -2.58. The Bertz CT molecular complexity index is 301. The smallest absolute Gasteiger partial charge is 0.354 e. The number of carboxylic acids is 2. The molecule has 0 heterocycles. The molecule has 0 bridgehead atoms. The molecule has 0 aliphatic carbocycles. The number of hydrogen-bond acceptors (Lipinski definition) is 3. The molecule has 0 rings (SSSR count). The summed E-state index contributed by atoms with van der Waals surface area (Å²) in [5, 5.41) is 17.0. The molecule has 0 aromatic heterocycles. The minimum Gasteiger partial charge on any atom is -0.477 e. The molecule has 0 saturated heterocycles. The van der Waals surface area contributed by atoms with E-state index in [1.165, 1.54) is 13.0 Å². The van der Waals surface area contributed by atoms with Gasteiger partial charge >= 0.3 is 11.9 Å². The summed E-state index contributed by atoms with van der Waals surface area (Å²) < 4.78 is 0. The molecule has 0 radical (unpaired) electrons. The Labute approximate surface area is 74.7 Å². The Balaban J connectivity index is 4.98. The second-order valence-electron chi connectivity index (χ2n) is 1.99. The number of rotatable bonds is 4. The average molecular weight is 183 g/mol. The van der Waals surface area contributed by atoms with Gasteiger partial charge in [0.05, 0.1) is 0 Å². The largest absolute Gasteiger partial charge is 0.477 e. The summed E-state index contributed by atoms with van der Waals surface area (Å²) >= 11 is 0. The van der Waals surface area contributed by atoms with Crippen LogP contribution in [0.1, 0.15) is 6.92 Å². The Morgan fingerprint density at radius 1 is 1.31 bits per heavy atom. The van der Waals surface area contributed by atoms with E-state index in [1.54, 1.807) is 0 Å². The fourth-order valence-corrected chi connectivity index (χ4v) is 0.546. The van der Waals surface area contributed by atoms with E-state index in [1.807, 2.05) is 0 Å². The molecular weight excluding hydrogens is 174 g/mol. The fourth-order valence-electron chi connectivity index (χ4n) is 0.546. The number of carboxylic acid groups (broad SMARTS) is 2. The second-order valence-corrected chi connectivity index (χ2v) is 1.99. The predicted octanol–water partition coefficient (Wildman–Crippen LogP) is 0.686. The van der Waals surface area contributed by atoms with Gasteiger partial charge in [0.1, 0.15) is 11.4 Å². The zero-order valence-corrected chi connectivity index (χ0v) is 7.02. The molecule has 13 heavy (non-hydrogen) atoms. The van der Waals surface area contributed by atoms with Crippen LogP contribution < -0.4 is 0 Å². The summed E-state index contributed by atoms with van der Waals surface area (Å²) in [7, 11) is 0. The van der Waals surface area contributed by atoms with Gasteiger partial charge in [-0.25, -0.2) is 14.6 Å². The Kier molecular flexibility index (Phi) is 4.15. The van der Waals surface area contributed by atoms with Gasteiger partial charge in [0.25, 0.3) is 0 Å². The van der Waals surface area contributed by atoms with Gasteiger partial charge in [-0.05, 0) is 13.0 Å². The Morgan fingerprint density at radius 3 is 2.08 bits per heavy atom. The first kappa shape index (κ1) is 11.1. The van der Waals surface area contributed by atoms with E-state index in [-0.39, 0.29) is 5.70 Å². The highest BCUT2D eigenvalue weighted by atomic mass is 16.4. The lowest BCUT2D eigenvalue weighted by atomic mass is 10.3. The van der Waals surface area contributed by atoms with Gasteiger partial charge in [-0.1, -0.05) is 12.7 Å². The number of hydrogen-bond donors (Lipinski definition) is 2. The molecule has 0 fully saturated rings. The van der Waals surface area contributed by atoms with Crippen LogP contribution in [0.5, 0.6) is 0 Å². The first-order valence-corrected chi connectivity index (χ1v) is 3.37. The highest BCUT2D eigenvalue weighted by molar-refractivity contribution is 6.40. The molecule has 0 aromatic carbocycles. The van der Waals surface area contributed by atoms with Crippen molar-refractivity contribution in [2.45, 2.75) is 6.92 Å². The van der Waals surface area contributed by atoms with Gasteiger partial charge in [0.15, 0.2) is 0 Å². The van der Waals surface area contributed by atoms with Crippen LogP contribution in [0.25, 0.3) is 0 Å². The molecule has 5 nitrogen and oxygen atoms in total. The van der Waals surface area contributed by atoms with E-state index in [0.29, 0.717) is 0 Å². The third-order valence-corrected chi connectivity index (χ3v) is 1.15. The van der Waals surface area contributed by atoms with E-state index in [9.17, 15) is 9.59 Å². The normalized spacial score (nSPS) is 12.4. The number of carbonyl (C=O) groups is 2. The van der Waals surface area contributed by atoms with Crippen LogP contribution in [-0.4, -0.2) is 27.9 Å². The van der Waals surface area contributed by atoms with E-state index >= 15 is 0 Å². The first-order chi connectivity index (χ1) is 6.02. The van der Waals surface area contributed by atoms with E-state index in [2.05, 4.69) is 11.6 Å². The van der Waals surface area contributed by atoms with Crippen LogP contribution >= 0.6 is 0 Å². The van der Waals surface area contributed by atoms with Crippen molar-refractivity contribution >= 4 is 17.7 Å². The summed E-state index contributed by atoms with van der Waals surface area (Å²) in [4.78, 5) is 24.2. The molecule has 0 aromatic rings. The minimum absolute atomic E-state index is 0.322. The van der Waals surface area contributed by atoms with E-state index < -0.39 is 17.7 Å². The quantitative estimate of drug-likeness (QED) is 0.495. The predicted molar refractivity (Wildman–Crippen MR) is 46.7 cm³/mol. The van der Waals surface area contributed by atoms with Crippen LogP contribution in [0.15, 0.2) is 29.4 Å². The van der Waals surface area contributed by atoms with Crippen molar-refractivity contribution in [2.24, 2.45) is 4.99 Å². The zero-order chi connectivity index (χ0) is 10.4. The third-order valence-electron chi connectivity index (χ3n) is 1.15. The molecule has 0 amide bonds. The van der Waals surface area contributed by atoms with Crippen LogP contribution in [-0.2, 0) is 9.59 Å². The Morgan fingerprint density at radius 2 is 1.85 bits per heavy atom. The molecule has 0 saturated carbocycles. The fraction of sp³-hybridized carbons (Fsp3) is 0.125. The topological polar surface area (TPSA) is 87.0 Å². The van der Waals surface area contributed by atoms with Crippen molar-refractivity contribution in [1.82, 2.24) is 0 Å². The number of nitrogens with zero attached hydrogens (tertiary/aromatic N) is 1. The van der Waals surface area contributed by atoms with Crippen molar-refractivity contribution in [2.75, 3.05) is 0 Å². The maximum Gasteiger partial charge on any atom is 0.354 e. The molecule has 0 aliphatic rings. The summed E-state index contributed by atoms with van der Waals surface area (Å²) in [6.07, 6.45) is 2.18. The molecule has 0 unspecified atom stereocenters. The van der Waals surface area contributed by atoms with Gasteiger partial charge < -0.3 is 10.2 Å². The minimum atomic E-state index is -1.31. The summed E-state index contributed by atoms with van der Waals surface area (Å²) in [5.41, 5.74) is -0.715. The van der Waals surface area contributed by atoms with Crippen LogP contribution in [0.4, 0.5) is 0 Å². The van der Waals surface area contributed by atoms with Crippen molar-refractivity contribution < 1.29 is 19.8 Å². The lowest BCUT2D eigenvalue weighted by molar-refractivity contribution is -0.132. The lowest BCUT2D eigenvalue weighted by Crippen LogP contribution is -2.11. The van der Waals surface area contributed by atoms with Gasteiger partial charge in [0, 0.05) is 0 Å². The highest BCUT2D eigenvalue weighted by Gasteiger charge is 2.09. The van der Waals surface area contributed by atoms with Crippen molar-refractivity contribution in [3.8, 4) is 0 Å².